The Morgan fingerprint density at radius 1 is 1.27 bits per heavy atom. The molecule has 4 heterocycles. The van der Waals surface area contributed by atoms with E-state index in [4.69, 9.17) is 11.5 Å². The van der Waals surface area contributed by atoms with Crippen molar-refractivity contribution in [3.05, 3.63) is 53.5 Å². The number of nitrogens with zero attached hydrogens (tertiary/aromatic N) is 4. The number of benzene rings is 1. The number of Topliss-reactive ketones (excluding diaryl/α,β-unsaturated/α-hetero) is 1. The van der Waals surface area contributed by atoms with Gasteiger partial charge in [0.2, 0.25) is 0 Å². The summed E-state index contributed by atoms with van der Waals surface area (Å²) in [5.74, 6) is -1.89. The van der Waals surface area contributed by atoms with Crippen molar-refractivity contribution in [2.45, 2.75) is 25.3 Å². The van der Waals surface area contributed by atoms with Gasteiger partial charge in [-0.1, -0.05) is 17.4 Å². The maximum atomic E-state index is 14.2. The standard InChI is InChI=1S/C22H21F2N7OS/c23-14-4-1-5-15(24)17(14)22-29-18(20(26)33-22)16(32)7-11-8-27-21-13(9-28-30-21)19(11)31-6-2-3-12(25)10-31/h1,4-5,8-9,12H,2-3,6-7,10,25-26H2,(H,27,28,30)/t12-/m0/s1. The number of piperidine rings is 1. The van der Waals surface area contributed by atoms with Crippen LogP contribution in [0.5, 0.6) is 0 Å². The summed E-state index contributed by atoms with van der Waals surface area (Å²) < 4.78 is 28.4. The topological polar surface area (TPSA) is 127 Å². The van der Waals surface area contributed by atoms with Crippen LogP contribution in [0.3, 0.4) is 0 Å². The minimum absolute atomic E-state index is 0.00811. The van der Waals surface area contributed by atoms with Gasteiger partial charge in [0.25, 0.3) is 0 Å². The number of nitrogens with one attached hydrogen (secondary N) is 1. The number of halogens is 2. The highest BCUT2D eigenvalue weighted by molar-refractivity contribution is 7.19. The lowest BCUT2D eigenvalue weighted by Crippen LogP contribution is -2.43. The van der Waals surface area contributed by atoms with Crippen LogP contribution in [0.15, 0.2) is 30.6 Å². The summed E-state index contributed by atoms with van der Waals surface area (Å²) in [6.45, 7) is 1.45. The normalized spacial score (nSPS) is 16.5. The number of hydrogen-bond donors (Lipinski definition) is 3. The smallest absolute Gasteiger partial charge is 0.188 e. The molecule has 0 saturated carbocycles. The zero-order valence-electron chi connectivity index (χ0n) is 17.5. The molecule has 1 aromatic carbocycles. The van der Waals surface area contributed by atoms with Crippen LogP contribution in [0.25, 0.3) is 21.6 Å². The summed E-state index contributed by atoms with van der Waals surface area (Å²) >= 11 is 0.879. The lowest BCUT2D eigenvalue weighted by molar-refractivity contribution is 0.0989. The van der Waals surface area contributed by atoms with E-state index in [0.717, 1.165) is 53.9 Å². The molecule has 33 heavy (non-hydrogen) atoms. The van der Waals surface area contributed by atoms with E-state index >= 15 is 0 Å². The Hall–Kier alpha value is -3.44. The molecule has 0 aliphatic carbocycles. The number of ketones is 1. The average molecular weight is 470 g/mol. The summed E-state index contributed by atoms with van der Waals surface area (Å²) in [4.78, 5) is 23.9. The molecule has 1 atom stereocenters. The van der Waals surface area contributed by atoms with Crippen molar-refractivity contribution in [3.63, 3.8) is 0 Å². The number of hydrogen-bond acceptors (Lipinski definition) is 8. The fourth-order valence-corrected chi connectivity index (χ4v) is 5.14. The van der Waals surface area contributed by atoms with Gasteiger partial charge in [0, 0.05) is 37.3 Å². The van der Waals surface area contributed by atoms with Crippen molar-refractivity contribution in [2.75, 3.05) is 23.7 Å². The number of nitrogens with two attached hydrogens (primary N) is 2. The number of aromatic amines is 1. The van der Waals surface area contributed by atoms with Gasteiger partial charge in [-0.25, -0.2) is 18.7 Å². The quantitative estimate of drug-likeness (QED) is 0.383. The van der Waals surface area contributed by atoms with Gasteiger partial charge in [-0.05, 0) is 25.0 Å². The molecule has 0 amide bonds. The van der Waals surface area contributed by atoms with Gasteiger partial charge in [0.15, 0.2) is 11.4 Å². The second kappa shape index (κ2) is 8.49. The Bertz CT molecular complexity index is 1330. The Balaban J connectivity index is 1.50. The Labute approximate surface area is 191 Å². The molecule has 11 heteroatoms. The lowest BCUT2D eigenvalue weighted by atomic mass is 10.0. The monoisotopic (exact) mass is 469 g/mol. The van der Waals surface area contributed by atoms with Crippen LogP contribution >= 0.6 is 11.3 Å². The SMILES string of the molecule is Nc1sc(-c2c(F)cccc2F)nc1C(=O)Cc1cnc2[nH]ncc2c1N1CCC[C@H](N)C1. The Kier molecular flexibility index (Phi) is 5.51. The molecule has 1 aliphatic rings. The maximum absolute atomic E-state index is 14.2. The largest absolute Gasteiger partial charge is 0.389 e. The first-order valence-electron chi connectivity index (χ1n) is 10.5. The summed E-state index contributed by atoms with van der Waals surface area (Å²) in [6.07, 6.45) is 5.17. The predicted molar refractivity (Wildman–Crippen MR) is 123 cm³/mol. The molecular formula is C22H21F2N7OS. The first-order valence-corrected chi connectivity index (χ1v) is 11.3. The molecular weight excluding hydrogens is 448 g/mol. The number of anilines is 2. The zero-order valence-corrected chi connectivity index (χ0v) is 18.3. The van der Waals surface area contributed by atoms with E-state index in [1.165, 1.54) is 6.07 Å². The molecule has 0 unspecified atom stereocenters. The van der Waals surface area contributed by atoms with E-state index in [1.54, 1.807) is 12.4 Å². The Morgan fingerprint density at radius 2 is 2.06 bits per heavy atom. The number of fused-ring (bicyclic) bond motifs is 1. The molecule has 1 fully saturated rings. The van der Waals surface area contributed by atoms with Gasteiger partial charge in [-0.3, -0.25) is 9.89 Å². The van der Waals surface area contributed by atoms with Gasteiger partial charge in [-0.2, -0.15) is 5.10 Å². The molecule has 5 rings (SSSR count). The number of pyridine rings is 1. The molecule has 4 aromatic rings. The third-order valence-corrected chi connectivity index (χ3v) is 6.65. The first-order chi connectivity index (χ1) is 15.9. The van der Waals surface area contributed by atoms with Gasteiger partial charge >= 0.3 is 0 Å². The van der Waals surface area contributed by atoms with E-state index in [2.05, 4.69) is 25.1 Å². The molecule has 8 nitrogen and oxygen atoms in total. The summed E-state index contributed by atoms with van der Waals surface area (Å²) in [5.41, 5.74) is 14.1. The van der Waals surface area contributed by atoms with Crippen LogP contribution < -0.4 is 16.4 Å². The van der Waals surface area contributed by atoms with Gasteiger partial charge < -0.3 is 16.4 Å². The number of nitrogen functional groups attached to an aromatic ring is 1. The highest BCUT2D eigenvalue weighted by Gasteiger charge is 2.26. The number of carbonyl (C=O) groups excluding carboxylic acids is 1. The number of thiazole rings is 1. The van der Waals surface area contributed by atoms with Crippen molar-refractivity contribution in [2.24, 2.45) is 5.73 Å². The van der Waals surface area contributed by atoms with Crippen LogP contribution in [0, 0.1) is 11.6 Å². The lowest BCUT2D eigenvalue weighted by Gasteiger charge is -2.34. The molecule has 0 radical (unpaired) electrons. The van der Waals surface area contributed by atoms with E-state index in [9.17, 15) is 13.6 Å². The molecule has 1 aliphatic heterocycles. The van der Waals surface area contributed by atoms with Crippen LogP contribution in [0.1, 0.15) is 28.9 Å². The van der Waals surface area contributed by atoms with Crippen LogP contribution in [-0.4, -0.2) is 45.1 Å². The van der Waals surface area contributed by atoms with Crippen molar-refractivity contribution in [3.8, 4) is 10.6 Å². The van der Waals surface area contributed by atoms with Gasteiger partial charge in [0.05, 0.1) is 22.8 Å². The fraction of sp³-hybridized carbons (Fsp3) is 0.273. The van der Waals surface area contributed by atoms with Crippen molar-refractivity contribution < 1.29 is 13.6 Å². The van der Waals surface area contributed by atoms with Crippen molar-refractivity contribution in [1.82, 2.24) is 20.2 Å². The van der Waals surface area contributed by atoms with E-state index in [1.807, 2.05) is 0 Å². The highest BCUT2D eigenvalue weighted by Crippen LogP contribution is 2.35. The molecule has 0 spiro atoms. The maximum Gasteiger partial charge on any atom is 0.188 e. The minimum Gasteiger partial charge on any atom is -0.389 e. The summed E-state index contributed by atoms with van der Waals surface area (Å²) in [6, 6.07) is 3.58. The van der Waals surface area contributed by atoms with E-state index in [0.29, 0.717) is 17.8 Å². The van der Waals surface area contributed by atoms with E-state index in [-0.39, 0.29) is 39.5 Å². The second-order valence-corrected chi connectivity index (χ2v) is 9.07. The number of aromatic nitrogens is 4. The number of H-pyrrole nitrogens is 1. The van der Waals surface area contributed by atoms with Crippen LogP contribution in [0.2, 0.25) is 0 Å². The third kappa shape index (κ3) is 3.93. The number of rotatable bonds is 5. The first kappa shape index (κ1) is 21.4. The minimum atomic E-state index is -0.763. The predicted octanol–water partition coefficient (Wildman–Crippen LogP) is 3.29. The molecule has 170 valence electrons. The molecule has 5 N–H and O–H groups in total. The van der Waals surface area contributed by atoms with Crippen molar-refractivity contribution in [1.29, 1.82) is 0 Å². The summed E-state index contributed by atoms with van der Waals surface area (Å²) in [5, 5.41) is 7.88. The number of carbonyl (C=O) groups is 1. The second-order valence-electron chi connectivity index (χ2n) is 8.04. The fourth-order valence-electron chi connectivity index (χ4n) is 4.24. The van der Waals surface area contributed by atoms with Gasteiger partial charge in [-0.15, -0.1) is 0 Å². The van der Waals surface area contributed by atoms with Crippen molar-refractivity contribution >= 4 is 38.8 Å². The third-order valence-electron chi connectivity index (χ3n) is 5.75. The Morgan fingerprint density at radius 3 is 2.82 bits per heavy atom. The van der Waals surface area contributed by atoms with Gasteiger partial charge in [0.1, 0.15) is 27.3 Å². The van der Waals surface area contributed by atoms with Crippen LogP contribution in [0.4, 0.5) is 19.5 Å². The van der Waals surface area contributed by atoms with E-state index < -0.39 is 11.6 Å². The molecule has 0 bridgehead atoms. The average Bonchev–Trinajstić information content (AvgIpc) is 3.40. The highest BCUT2D eigenvalue weighted by atomic mass is 32.1. The zero-order chi connectivity index (χ0) is 23.1. The van der Waals surface area contributed by atoms with Crippen LogP contribution in [-0.2, 0) is 6.42 Å². The molecule has 3 aromatic heterocycles. The molecule has 1 saturated heterocycles. The summed E-state index contributed by atoms with van der Waals surface area (Å²) in [7, 11) is 0.